The quantitative estimate of drug-likeness (QED) is 0.263. The normalized spacial score (nSPS) is 11.0. The van der Waals surface area contributed by atoms with E-state index in [2.05, 4.69) is 39.8 Å². The number of amides is 1. The zero-order valence-corrected chi connectivity index (χ0v) is 16.7. The number of nitrogens with zero attached hydrogens (tertiary/aromatic N) is 2. The Hall–Kier alpha value is -0.900. The van der Waals surface area contributed by atoms with Gasteiger partial charge in [0.2, 0.25) is 0 Å². The fraction of sp³-hybridized carbons (Fsp3) is 0.643. The lowest BCUT2D eigenvalue weighted by molar-refractivity contribution is 0.0957. The smallest absolute Gasteiger partial charge is 0.263 e. The average molecular weight is 439 g/mol. The van der Waals surface area contributed by atoms with E-state index in [9.17, 15) is 4.79 Å². The fourth-order valence-corrected chi connectivity index (χ4v) is 2.38. The number of rotatable bonds is 7. The molecule has 0 unspecified atom stereocenters. The molecular weight excluding hydrogens is 413 g/mol. The molecule has 0 aliphatic heterocycles. The Labute approximate surface area is 153 Å². The van der Waals surface area contributed by atoms with Crippen LogP contribution in [0.4, 0.5) is 0 Å². The van der Waals surface area contributed by atoms with Crippen LogP contribution in [0.3, 0.4) is 0 Å². The summed E-state index contributed by atoms with van der Waals surface area (Å²) in [5.41, 5.74) is 2.46. The third kappa shape index (κ3) is 7.92. The van der Waals surface area contributed by atoms with Crippen LogP contribution < -0.4 is 16.0 Å². The van der Waals surface area contributed by atoms with Crippen LogP contribution in [0, 0.1) is 12.8 Å². The standard InChI is InChI=1S/C14H25N5OS.HI/c1-10(2)5-6-17-14(15-4)18-8-7-16-13(20)12-11(3)19-9-21-12;/h9-10H,5-8H2,1-4H3,(H,16,20)(H2,15,17,18);1H. The van der Waals surface area contributed by atoms with Crippen LogP contribution >= 0.6 is 35.3 Å². The third-order valence-electron chi connectivity index (χ3n) is 2.89. The first-order chi connectivity index (χ1) is 10.0. The highest BCUT2D eigenvalue weighted by molar-refractivity contribution is 14.0. The monoisotopic (exact) mass is 439 g/mol. The molecule has 22 heavy (non-hydrogen) atoms. The van der Waals surface area contributed by atoms with E-state index in [1.165, 1.54) is 11.3 Å². The van der Waals surface area contributed by atoms with E-state index in [1.807, 2.05) is 6.92 Å². The fourth-order valence-electron chi connectivity index (χ4n) is 1.66. The second-order valence-corrected chi connectivity index (χ2v) is 5.99. The van der Waals surface area contributed by atoms with Gasteiger partial charge in [-0.05, 0) is 19.3 Å². The predicted octanol–water partition coefficient (Wildman–Crippen LogP) is 2.01. The van der Waals surface area contributed by atoms with Gasteiger partial charge in [-0.15, -0.1) is 35.3 Å². The van der Waals surface area contributed by atoms with Crippen LogP contribution in [0.5, 0.6) is 0 Å². The summed E-state index contributed by atoms with van der Waals surface area (Å²) in [5.74, 6) is 1.36. The van der Waals surface area contributed by atoms with Gasteiger partial charge in [-0.25, -0.2) is 4.98 Å². The number of hydrogen-bond donors (Lipinski definition) is 3. The van der Waals surface area contributed by atoms with Crippen LogP contribution in [0.1, 0.15) is 35.6 Å². The van der Waals surface area contributed by atoms with Crippen molar-refractivity contribution in [2.24, 2.45) is 10.9 Å². The van der Waals surface area contributed by atoms with E-state index >= 15 is 0 Å². The zero-order chi connectivity index (χ0) is 15.7. The molecule has 3 N–H and O–H groups in total. The first-order valence-corrected chi connectivity index (χ1v) is 8.05. The summed E-state index contributed by atoms with van der Waals surface area (Å²) in [5, 5.41) is 9.28. The lowest BCUT2D eigenvalue weighted by atomic mass is 10.1. The Kier molecular flexibility index (Phi) is 11.2. The number of aliphatic imine (C=N–C) groups is 1. The van der Waals surface area contributed by atoms with E-state index in [0.717, 1.165) is 24.6 Å². The SMILES string of the molecule is CN=C(NCCNC(=O)c1scnc1C)NCCC(C)C.I. The van der Waals surface area contributed by atoms with Crippen LogP contribution in [-0.2, 0) is 0 Å². The Morgan fingerprint density at radius 1 is 1.27 bits per heavy atom. The first-order valence-electron chi connectivity index (χ1n) is 7.17. The van der Waals surface area contributed by atoms with Gasteiger partial charge in [0.15, 0.2) is 5.96 Å². The number of guanidine groups is 1. The number of carbonyl (C=O) groups excluding carboxylic acids is 1. The highest BCUT2D eigenvalue weighted by Gasteiger charge is 2.10. The number of aromatic nitrogens is 1. The molecular formula is C14H26IN5OS. The van der Waals surface area contributed by atoms with Crippen molar-refractivity contribution in [2.45, 2.75) is 27.2 Å². The van der Waals surface area contributed by atoms with Crippen molar-refractivity contribution in [3.63, 3.8) is 0 Å². The van der Waals surface area contributed by atoms with Gasteiger partial charge in [-0.3, -0.25) is 9.79 Å². The van der Waals surface area contributed by atoms with Crippen LogP contribution in [0.2, 0.25) is 0 Å². The minimum atomic E-state index is -0.0699. The highest BCUT2D eigenvalue weighted by Crippen LogP contribution is 2.10. The van der Waals surface area contributed by atoms with Crippen molar-refractivity contribution in [1.29, 1.82) is 0 Å². The molecule has 0 spiro atoms. The van der Waals surface area contributed by atoms with Gasteiger partial charge in [0.25, 0.3) is 5.91 Å². The van der Waals surface area contributed by atoms with Gasteiger partial charge in [0.1, 0.15) is 4.88 Å². The molecule has 6 nitrogen and oxygen atoms in total. The maximum Gasteiger partial charge on any atom is 0.263 e. The summed E-state index contributed by atoms with van der Waals surface area (Å²) in [4.78, 5) is 20.8. The maximum atomic E-state index is 11.9. The molecule has 0 aliphatic carbocycles. The van der Waals surface area contributed by atoms with E-state index in [-0.39, 0.29) is 29.9 Å². The van der Waals surface area contributed by atoms with Crippen LogP contribution in [0.15, 0.2) is 10.5 Å². The van der Waals surface area contributed by atoms with Gasteiger partial charge in [-0.2, -0.15) is 0 Å². The molecule has 1 rings (SSSR count). The lowest BCUT2D eigenvalue weighted by Crippen LogP contribution is -2.42. The summed E-state index contributed by atoms with van der Waals surface area (Å²) >= 11 is 1.36. The Morgan fingerprint density at radius 2 is 1.91 bits per heavy atom. The van der Waals surface area contributed by atoms with Gasteiger partial charge in [-0.1, -0.05) is 13.8 Å². The third-order valence-corrected chi connectivity index (χ3v) is 3.82. The summed E-state index contributed by atoms with van der Waals surface area (Å²) in [6.07, 6.45) is 1.10. The Balaban J connectivity index is 0.00000441. The van der Waals surface area contributed by atoms with Crippen LogP contribution in [-0.4, -0.2) is 43.5 Å². The van der Waals surface area contributed by atoms with E-state index in [4.69, 9.17) is 0 Å². The topological polar surface area (TPSA) is 78.4 Å². The predicted molar refractivity (Wildman–Crippen MR) is 103 cm³/mol. The van der Waals surface area contributed by atoms with Crippen molar-refractivity contribution >= 4 is 47.2 Å². The Bertz CT molecular complexity index is 476. The first kappa shape index (κ1) is 21.1. The summed E-state index contributed by atoms with van der Waals surface area (Å²) in [6.45, 7) is 8.28. The zero-order valence-electron chi connectivity index (χ0n) is 13.6. The number of hydrogen-bond acceptors (Lipinski definition) is 4. The summed E-state index contributed by atoms with van der Waals surface area (Å²) < 4.78 is 0. The molecule has 0 aromatic carbocycles. The van der Waals surface area contributed by atoms with E-state index in [1.54, 1.807) is 12.6 Å². The molecule has 0 bridgehead atoms. The van der Waals surface area contributed by atoms with Gasteiger partial charge < -0.3 is 16.0 Å². The second kappa shape index (κ2) is 11.6. The molecule has 1 heterocycles. The largest absolute Gasteiger partial charge is 0.356 e. The molecule has 0 fully saturated rings. The Morgan fingerprint density at radius 3 is 2.45 bits per heavy atom. The molecule has 0 saturated heterocycles. The van der Waals surface area contributed by atoms with Gasteiger partial charge >= 0.3 is 0 Å². The van der Waals surface area contributed by atoms with Gasteiger partial charge in [0.05, 0.1) is 11.2 Å². The molecule has 0 saturated carbocycles. The number of carbonyl (C=O) groups is 1. The van der Waals surface area contributed by atoms with Crippen molar-refractivity contribution in [1.82, 2.24) is 20.9 Å². The van der Waals surface area contributed by atoms with Crippen molar-refractivity contribution in [3.05, 3.63) is 16.1 Å². The van der Waals surface area contributed by atoms with Crippen molar-refractivity contribution < 1.29 is 4.79 Å². The molecule has 0 radical (unpaired) electrons. The van der Waals surface area contributed by atoms with Crippen molar-refractivity contribution in [3.8, 4) is 0 Å². The highest BCUT2D eigenvalue weighted by atomic mass is 127. The summed E-state index contributed by atoms with van der Waals surface area (Å²) in [7, 11) is 1.74. The van der Waals surface area contributed by atoms with Crippen molar-refractivity contribution in [2.75, 3.05) is 26.7 Å². The average Bonchev–Trinajstić information content (AvgIpc) is 2.87. The second-order valence-electron chi connectivity index (χ2n) is 5.13. The molecule has 1 amide bonds. The van der Waals surface area contributed by atoms with E-state index in [0.29, 0.717) is 23.9 Å². The number of nitrogens with one attached hydrogen (secondary N) is 3. The van der Waals surface area contributed by atoms with Crippen LogP contribution in [0.25, 0.3) is 0 Å². The molecule has 126 valence electrons. The minimum Gasteiger partial charge on any atom is -0.356 e. The number of aryl methyl sites for hydroxylation is 1. The van der Waals surface area contributed by atoms with E-state index < -0.39 is 0 Å². The minimum absolute atomic E-state index is 0. The molecule has 1 aromatic heterocycles. The molecule has 0 aliphatic rings. The molecule has 0 atom stereocenters. The number of halogens is 1. The maximum absolute atomic E-state index is 11.9. The molecule has 8 heteroatoms. The number of thiazole rings is 1. The molecule has 1 aromatic rings. The lowest BCUT2D eigenvalue weighted by Gasteiger charge is -2.13. The van der Waals surface area contributed by atoms with Gasteiger partial charge in [0, 0.05) is 26.7 Å². The summed E-state index contributed by atoms with van der Waals surface area (Å²) in [6, 6.07) is 0.